The van der Waals surface area contributed by atoms with Crippen LogP contribution in [0, 0.1) is 17.2 Å². The van der Waals surface area contributed by atoms with Gasteiger partial charge in [-0.05, 0) is 32.6 Å². The molecule has 1 saturated heterocycles. The van der Waals surface area contributed by atoms with Crippen molar-refractivity contribution in [1.29, 1.82) is 5.26 Å². The highest BCUT2D eigenvalue weighted by Crippen LogP contribution is 2.39. The summed E-state index contributed by atoms with van der Waals surface area (Å²) in [5.74, 6) is 0.174. The van der Waals surface area contributed by atoms with Gasteiger partial charge in [0, 0.05) is 13.1 Å². The van der Waals surface area contributed by atoms with E-state index < -0.39 is 11.1 Å². The minimum Gasteiger partial charge on any atom is -0.388 e. The molecule has 1 saturated carbocycles. The molecule has 2 aliphatic rings. The predicted octanol–water partition coefficient (Wildman–Crippen LogP) is -0.139. The monoisotopic (exact) mass is 237 g/mol. The average molecular weight is 237 g/mol. The number of hydrogen-bond donors (Lipinski definition) is 2. The van der Waals surface area contributed by atoms with E-state index in [1.54, 1.807) is 13.8 Å². The molecular formula is C12H19N3O2. The van der Waals surface area contributed by atoms with Crippen LogP contribution in [0.3, 0.4) is 0 Å². The second-order valence-electron chi connectivity index (χ2n) is 5.78. The Morgan fingerprint density at radius 2 is 2.24 bits per heavy atom. The molecule has 0 radical (unpaired) electrons. The van der Waals surface area contributed by atoms with E-state index in [1.165, 1.54) is 0 Å². The first-order valence-electron chi connectivity index (χ1n) is 6.02. The van der Waals surface area contributed by atoms with Crippen LogP contribution in [-0.4, -0.2) is 46.7 Å². The summed E-state index contributed by atoms with van der Waals surface area (Å²) in [5.41, 5.74) is -1.38. The van der Waals surface area contributed by atoms with Gasteiger partial charge in [0.15, 0.2) is 0 Å². The van der Waals surface area contributed by atoms with Crippen LogP contribution in [-0.2, 0) is 4.79 Å². The fourth-order valence-electron chi connectivity index (χ4n) is 2.44. The minimum atomic E-state index is -0.718. The number of hydrogen-bond acceptors (Lipinski definition) is 4. The zero-order valence-corrected chi connectivity index (χ0v) is 10.4. The molecule has 0 aromatic rings. The van der Waals surface area contributed by atoms with E-state index in [9.17, 15) is 9.90 Å². The molecule has 5 nitrogen and oxygen atoms in total. The highest BCUT2D eigenvalue weighted by molar-refractivity contribution is 5.79. The van der Waals surface area contributed by atoms with E-state index in [1.807, 2.05) is 4.90 Å². The molecule has 2 N–H and O–H groups in total. The Hall–Kier alpha value is -1.12. The second kappa shape index (κ2) is 3.97. The quantitative estimate of drug-likeness (QED) is 0.713. The number of likely N-dealkylation sites (tertiary alicyclic amines) is 1. The summed E-state index contributed by atoms with van der Waals surface area (Å²) >= 11 is 0. The van der Waals surface area contributed by atoms with Crippen molar-refractivity contribution in [2.45, 2.75) is 37.8 Å². The van der Waals surface area contributed by atoms with Crippen LogP contribution < -0.4 is 5.32 Å². The van der Waals surface area contributed by atoms with Gasteiger partial charge >= 0.3 is 0 Å². The van der Waals surface area contributed by atoms with Crippen molar-refractivity contribution in [1.82, 2.24) is 10.2 Å². The molecule has 0 spiro atoms. The fourth-order valence-corrected chi connectivity index (χ4v) is 2.44. The molecule has 1 heterocycles. The standard InChI is InChI=1S/C12H19N3O2/c1-11(17)7-15(8-11)5-10(16)14-12(2,6-13)9-3-4-9/h9,17H,3-5,7-8H2,1-2H3,(H,14,16). The predicted molar refractivity (Wildman–Crippen MR) is 61.9 cm³/mol. The lowest BCUT2D eigenvalue weighted by atomic mass is 9.96. The Kier molecular flexibility index (Phi) is 2.88. The molecule has 1 unspecified atom stereocenters. The highest BCUT2D eigenvalue weighted by Gasteiger charge is 2.44. The Labute approximate surface area is 101 Å². The van der Waals surface area contributed by atoms with Gasteiger partial charge in [0.05, 0.1) is 18.2 Å². The van der Waals surface area contributed by atoms with Crippen LogP contribution in [0.2, 0.25) is 0 Å². The molecule has 0 aromatic heterocycles. The van der Waals surface area contributed by atoms with Crippen molar-refractivity contribution in [3.63, 3.8) is 0 Å². The van der Waals surface area contributed by atoms with Crippen molar-refractivity contribution >= 4 is 5.91 Å². The maximum Gasteiger partial charge on any atom is 0.235 e. The molecule has 17 heavy (non-hydrogen) atoms. The Balaban J connectivity index is 1.80. The van der Waals surface area contributed by atoms with E-state index in [2.05, 4.69) is 11.4 Å². The maximum absolute atomic E-state index is 11.8. The number of amides is 1. The van der Waals surface area contributed by atoms with Crippen LogP contribution in [0.1, 0.15) is 26.7 Å². The lowest BCUT2D eigenvalue weighted by molar-refractivity contribution is -0.131. The van der Waals surface area contributed by atoms with Gasteiger partial charge in [0.2, 0.25) is 5.91 Å². The first-order valence-corrected chi connectivity index (χ1v) is 6.02. The number of aliphatic hydroxyl groups is 1. The van der Waals surface area contributed by atoms with Crippen molar-refractivity contribution in [2.24, 2.45) is 5.92 Å². The first-order chi connectivity index (χ1) is 7.85. The van der Waals surface area contributed by atoms with Gasteiger partial charge in [-0.2, -0.15) is 5.26 Å². The van der Waals surface area contributed by atoms with Gasteiger partial charge in [-0.25, -0.2) is 0 Å². The number of carbonyl (C=O) groups excluding carboxylic acids is 1. The molecule has 1 aliphatic heterocycles. The third-order valence-electron chi connectivity index (χ3n) is 3.52. The van der Waals surface area contributed by atoms with Gasteiger partial charge in [-0.15, -0.1) is 0 Å². The Morgan fingerprint density at radius 1 is 1.65 bits per heavy atom. The lowest BCUT2D eigenvalue weighted by Crippen LogP contribution is -2.62. The third-order valence-corrected chi connectivity index (χ3v) is 3.52. The van der Waals surface area contributed by atoms with E-state index in [-0.39, 0.29) is 12.5 Å². The van der Waals surface area contributed by atoms with Gasteiger partial charge in [0.1, 0.15) is 5.54 Å². The summed E-state index contributed by atoms with van der Waals surface area (Å²) in [4.78, 5) is 13.7. The molecule has 1 atom stereocenters. The van der Waals surface area contributed by atoms with E-state index >= 15 is 0 Å². The summed E-state index contributed by atoms with van der Waals surface area (Å²) in [6.45, 7) is 4.85. The molecule has 1 amide bonds. The number of β-amino-alcohol motifs (C(OH)–C–C–N with tert-alkyl or cyclic N) is 1. The van der Waals surface area contributed by atoms with Gasteiger partial charge in [0.25, 0.3) is 0 Å². The Morgan fingerprint density at radius 3 is 2.65 bits per heavy atom. The maximum atomic E-state index is 11.8. The molecule has 0 aromatic carbocycles. The lowest BCUT2D eigenvalue weighted by Gasteiger charge is -2.44. The van der Waals surface area contributed by atoms with Crippen molar-refractivity contribution in [3.8, 4) is 6.07 Å². The molecule has 0 bridgehead atoms. The van der Waals surface area contributed by atoms with Crippen LogP contribution >= 0.6 is 0 Å². The van der Waals surface area contributed by atoms with E-state index in [0.29, 0.717) is 19.0 Å². The van der Waals surface area contributed by atoms with Gasteiger partial charge in [-0.1, -0.05) is 0 Å². The van der Waals surface area contributed by atoms with Crippen LogP contribution in [0.25, 0.3) is 0 Å². The summed E-state index contributed by atoms with van der Waals surface area (Å²) in [7, 11) is 0. The number of nitriles is 1. The smallest absolute Gasteiger partial charge is 0.235 e. The minimum absolute atomic E-state index is 0.128. The second-order valence-corrected chi connectivity index (χ2v) is 5.78. The number of nitrogens with one attached hydrogen (secondary N) is 1. The zero-order valence-electron chi connectivity index (χ0n) is 10.4. The third kappa shape index (κ3) is 2.76. The number of nitrogens with zero attached hydrogens (tertiary/aromatic N) is 2. The Bertz CT molecular complexity index is 362. The number of carbonyl (C=O) groups is 1. The normalized spacial score (nSPS) is 26.5. The van der Waals surface area contributed by atoms with Gasteiger partial charge in [-0.3, -0.25) is 9.69 Å². The summed E-state index contributed by atoms with van der Waals surface area (Å²) in [5, 5.41) is 21.5. The zero-order chi connectivity index (χ0) is 12.7. The molecule has 5 heteroatoms. The topological polar surface area (TPSA) is 76.4 Å². The molecule has 94 valence electrons. The summed E-state index contributed by atoms with van der Waals surface area (Å²) in [6, 6.07) is 2.20. The summed E-state index contributed by atoms with van der Waals surface area (Å²) < 4.78 is 0. The largest absolute Gasteiger partial charge is 0.388 e. The van der Waals surface area contributed by atoms with Crippen LogP contribution in [0.15, 0.2) is 0 Å². The summed E-state index contributed by atoms with van der Waals surface area (Å²) in [6.07, 6.45) is 2.03. The van der Waals surface area contributed by atoms with Crippen LogP contribution in [0.5, 0.6) is 0 Å². The first kappa shape index (κ1) is 12.3. The van der Waals surface area contributed by atoms with Crippen molar-refractivity contribution in [3.05, 3.63) is 0 Å². The van der Waals surface area contributed by atoms with E-state index in [4.69, 9.17) is 5.26 Å². The highest BCUT2D eigenvalue weighted by atomic mass is 16.3. The number of rotatable bonds is 4. The molecular weight excluding hydrogens is 218 g/mol. The molecule has 2 rings (SSSR count). The molecule has 1 aliphatic carbocycles. The van der Waals surface area contributed by atoms with E-state index in [0.717, 1.165) is 12.8 Å². The average Bonchev–Trinajstić information content (AvgIpc) is 2.97. The SMILES string of the molecule is CC1(O)CN(CC(=O)NC(C)(C#N)C2CC2)C1. The van der Waals surface area contributed by atoms with Crippen LogP contribution in [0.4, 0.5) is 0 Å². The van der Waals surface area contributed by atoms with Crippen molar-refractivity contribution in [2.75, 3.05) is 19.6 Å². The van der Waals surface area contributed by atoms with Crippen molar-refractivity contribution < 1.29 is 9.90 Å². The van der Waals surface area contributed by atoms with Gasteiger partial charge < -0.3 is 10.4 Å². The molecule has 2 fully saturated rings. The fraction of sp³-hybridized carbons (Fsp3) is 0.833.